The molecule has 0 aliphatic heterocycles. The number of hydrogen-bond donors (Lipinski definition) is 0. The van der Waals surface area contributed by atoms with Crippen LogP contribution in [0.2, 0.25) is 0 Å². The normalized spacial score (nSPS) is 11.3. The lowest BCUT2D eigenvalue weighted by Crippen LogP contribution is -2.37. The fraction of sp³-hybridized carbons (Fsp3) is 0.625. The van der Waals surface area contributed by atoms with Crippen LogP contribution in [-0.2, 0) is 9.31 Å². The molecule has 1 aromatic rings. The molecule has 0 N–H and O–H groups in total. The second-order valence-electron chi connectivity index (χ2n) is 5.85. The van der Waals surface area contributed by atoms with Crippen molar-refractivity contribution in [2.75, 3.05) is 13.2 Å². The summed E-state index contributed by atoms with van der Waals surface area (Å²) >= 11 is 0. The predicted molar refractivity (Wildman–Crippen MR) is 82.6 cm³/mol. The van der Waals surface area contributed by atoms with Gasteiger partial charge >= 0.3 is 7.12 Å². The molecule has 2 nitrogen and oxygen atoms in total. The smallest absolute Gasteiger partial charge is 0.407 e. The average molecular weight is 262 g/mol. The van der Waals surface area contributed by atoms with Crippen LogP contribution in [0.1, 0.15) is 40.5 Å². The lowest BCUT2D eigenvalue weighted by atomic mass is 9.78. The summed E-state index contributed by atoms with van der Waals surface area (Å²) in [4.78, 5) is 0. The SMILES string of the molecule is CC(C)CCOB(OCCC(C)C)c1ccccc1. The minimum atomic E-state index is -0.223. The van der Waals surface area contributed by atoms with Crippen molar-refractivity contribution in [1.29, 1.82) is 0 Å². The molecule has 0 saturated carbocycles. The van der Waals surface area contributed by atoms with Gasteiger partial charge in [0, 0.05) is 13.2 Å². The summed E-state index contributed by atoms with van der Waals surface area (Å²) < 4.78 is 11.8. The maximum Gasteiger partial charge on any atom is 0.493 e. The lowest BCUT2D eigenvalue weighted by Gasteiger charge is -2.16. The summed E-state index contributed by atoms with van der Waals surface area (Å²) in [5.74, 6) is 1.32. The van der Waals surface area contributed by atoms with Gasteiger partial charge < -0.3 is 9.31 Å². The molecule has 1 aromatic carbocycles. The molecule has 106 valence electrons. The first-order valence-electron chi connectivity index (χ1n) is 7.37. The Hall–Kier alpha value is -0.795. The molecule has 1 rings (SSSR count). The van der Waals surface area contributed by atoms with Gasteiger partial charge in [-0.1, -0.05) is 58.0 Å². The van der Waals surface area contributed by atoms with Crippen molar-refractivity contribution >= 4 is 12.6 Å². The van der Waals surface area contributed by atoms with Gasteiger partial charge in [0.15, 0.2) is 0 Å². The molecule has 0 aliphatic rings. The zero-order chi connectivity index (χ0) is 14.1. The molecule has 0 heterocycles. The minimum Gasteiger partial charge on any atom is -0.407 e. The minimum absolute atomic E-state index is 0.223. The Kier molecular flexibility index (Phi) is 7.84. The zero-order valence-corrected chi connectivity index (χ0v) is 12.8. The average Bonchev–Trinajstić information content (AvgIpc) is 2.37. The van der Waals surface area contributed by atoms with E-state index in [2.05, 4.69) is 39.8 Å². The molecule has 0 atom stereocenters. The Balaban J connectivity index is 2.48. The highest BCUT2D eigenvalue weighted by molar-refractivity contribution is 6.61. The van der Waals surface area contributed by atoms with Crippen LogP contribution in [0.15, 0.2) is 30.3 Å². The standard InChI is InChI=1S/C16H27BO2/c1-14(2)10-12-18-17(19-13-11-15(3)4)16-8-6-5-7-9-16/h5-9,14-15H,10-13H2,1-4H3. The van der Waals surface area contributed by atoms with Crippen molar-refractivity contribution in [1.82, 2.24) is 0 Å². The Bertz CT molecular complexity index is 311. The van der Waals surface area contributed by atoms with E-state index in [4.69, 9.17) is 9.31 Å². The van der Waals surface area contributed by atoms with E-state index >= 15 is 0 Å². The van der Waals surface area contributed by atoms with Crippen LogP contribution in [0.25, 0.3) is 0 Å². The van der Waals surface area contributed by atoms with Crippen molar-refractivity contribution in [3.63, 3.8) is 0 Å². The second-order valence-corrected chi connectivity index (χ2v) is 5.85. The largest absolute Gasteiger partial charge is 0.493 e. The van der Waals surface area contributed by atoms with E-state index in [1.165, 1.54) is 0 Å². The van der Waals surface area contributed by atoms with Crippen molar-refractivity contribution in [3.8, 4) is 0 Å². The second kappa shape index (κ2) is 9.16. The third-order valence-corrected chi connectivity index (χ3v) is 3.00. The summed E-state index contributed by atoms with van der Waals surface area (Å²) in [5.41, 5.74) is 1.11. The molecule has 0 radical (unpaired) electrons. The number of rotatable bonds is 9. The number of benzene rings is 1. The lowest BCUT2D eigenvalue weighted by molar-refractivity contribution is 0.190. The molecule has 0 aromatic heterocycles. The maximum atomic E-state index is 5.90. The highest BCUT2D eigenvalue weighted by Crippen LogP contribution is 2.04. The molecule has 0 saturated heterocycles. The van der Waals surface area contributed by atoms with Crippen LogP contribution >= 0.6 is 0 Å². The molecular formula is C16H27BO2. The van der Waals surface area contributed by atoms with Crippen LogP contribution in [0, 0.1) is 11.8 Å². The third-order valence-electron chi connectivity index (χ3n) is 3.00. The summed E-state index contributed by atoms with van der Waals surface area (Å²) in [6, 6.07) is 10.2. The first kappa shape index (κ1) is 16.3. The van der Waals surface area contributed by atoms with E-state index in [9.17, 15) is 0 Å². The summed E-state index contributed by atoms with van der Waals surface area (Å²) in [6.45, 7) is 10.3. The molecule has 0 aliphatic carbocycles. The first-order chi connectivity index (χ1) is 9.09. The summed E-state index contributed by atoms with van der Waals surface area (Å²) in [5, 5.41) is 0. The maximum absolute atomic E-state index is 5.90. The van der Waals surface area contributed by atoms with Gasteiger partial charge in [-0.2, -0.15) is 0 Å². The van der Waals surface area contributed by atoms with Gasteiger partial charge in [-0.3, -0.25) is 0 Å². The molecule has 19 heavy (non-hydrogen) atoms. The highest BCUT2D eigenvalue weighted by Gasteiger charge is 2.20. The van der Waals surface area contributed by atoms with E-state index in [0.29, 0.717) is 11.8 Å². The Morgan fingerprint density at radius 3 is 1.74 bits per heavy atom. The van der Waals surface area contributed by atoms with Gasteiger partial charge in [-0.25, -0.2) is 0 Å². The van der Waals surface area contributed by atoms with E-state index in [1.807, 2.05) is 18.2 Å². The molecule has 0 amide bonds. The molecule has 0 bridgehead atoms. The van der Waals surface area contributed by atoms with Gasteiger partial charge in [-0.05, 0) is 30.1 Å². The molecule has 0 spiro atoms. The van der Waals surface area contributed by atoms with Crippen LogP contribution in [0.5, 0.6) is 0 Å². The Morgan fingerprint density at radius 1 is 0.842 bits per heavy atom. The van der Waals surface area contributed by atoms with Gasteiger partial charge in [0.2, 0.25) is 0 Å². The topological polar surface area (TPSA) is 18.5 Å². The zero-order valence-electron chi connectivity index (χ0n) is 12.8. The van der Waals surface area contributed by atoms with Crippen molar-refractivity contribution in [3.05, 3.63) is 30.3 Å². The quantitative estimate of drug-likeness (QED) is 0.634. The van der Waals surface area contributed by atoms with E-state index in [-0.39, 0.29) is 7.12 Å². The highest BCUT2D eigenvalue weighted by atomic mass is 16.6. The fourth-order valence-electron chi connectivity index (χ4n) is 1.67. The monoisotopic (exact) mass is 262 g/mol. The van der Waals surface area contributed by atoms with Crippen LogP contribution < -0.4 is 5.46 Å². The van der Waals surface area contributed by atoms with Crippen molar-refractivity contribution in [2.45, 2.75) is 40.5 Å². The molecule has 0 unspecified atom stereocenters. The van der Waals surface area contributed by atoms with E-state index < -0.39 is 0 Å². The van der Waals surface area contributed by atoms with Gasteiger partial charge in [0.1, 0.15) is 0 Å². The van der Waals surface area contributed by atoms with Gasteiger partial charge in [0.25, 0.3) is 0 Å². The molecule has 3 heteroatoms. The first-order valence-corrected chi connectivity index (χ1v) is 7.37. The molecule has 0 fully saturated rings. The van der Waals surface area contributed by atoms with Crippen LogP contribution in [0.4, 0.5) is 0 Å². The predicted octanol–water partition coefficient (Wildman–Crippen LogP) is 3.51. The summed E-state index contributed by atoms with van der Waals surface area (Å²) in [6.07, 6.45) is 2.13. The number of hydrogen-bond acceptors (Lipinski definition) is 2. The third kappa shape index (κ3) is 7.39. The van der Waals surface area contributed by atoms with Crippen LogP contribution in [0.3, 0.4) is 0 Å². The van der Waals surface area contributed by atoms with Gasteiger partial charge in [-0.15, -0.1) is 0 Å². The van der Waals surface area contributed by atoms with Crippen molar-refractivity contribution < 1.29 is 9.31 Å². The van der Waals surface area contributed by atoms with E-state index in [0.717, 1.165) is 31.5 Å². The van der Waals surface area contributed by atoms with Crippen molar-refractivity contribution in [2.24, 2.45) is 11.8 Å². The van der Waals surface area contributed by atoms with Crippen LogP contribution in [-0.4, -0.2) is 20.3 Å². The Morgan fingerprint density at radius 2 is 1.32 bits per heavy atom. The molecular weight excluding hydrogens is 235 g/mol. The Labute approximate surface area is 118 Å². The van der Waals surface area contributed by atoms with Gasteiger partial charge in [0.05, 0.1) is 0 Å². The summed E-state index contributed by atoms with van der Waals surface area (Å²) in [7, 11) is -0.223. The fourth-order valence-corrected chi connectivity index (χ4v) is 1.67. The van der Waals surface area contributed by atoms with E-state index in [1.54, 1.807) is 0 Å².